The van der Waals surface area contributed by atoms with Crippen molar-refractivity contribution in [1.82, 2.24) is 4.90 Å². The summed E-state index contributed by atoms with van der Waals surface area (Å²) in [5.74, 6) is -0.313. The minimum atomic E-state index is -0.242. The predicted octanol–water partition coefficient (Wildman–Crippen LogP) is 5.21. The van der Waals surface area contributed by atoms with Gasteiger partial charge in [0.1, 0.15) is 5.00 Å². The number of nitrogens with one attached hydrogen (secondary N) is 1. The van der Waals surface area contributed by atoms with Crippen LogP contribution >= 0.6 is 27.3 Å². The second-order valence-corrected chi connectivity index (χ2v) is 8.93. The van der Waals surface area contributed by atoms with Gasteiger partial charge in [-0.25, -0.2) is 0 Å². The lowest BCUT2D eigenvalue weighted by Crippen LogP contribution is -2.41. The zero-order chi connectivity index (χ0) is 21.1. The van der Waals surface area contributed by atoms with Crippen LogP contribution in [0.3, 0.4) is 0 Å². The number of thiophene rings is 1. The molecule has 4 rings (SSSR count). The number of carbonyl (C=O) groups excluding carboxylic acids is 2. The van der Waals surface area contributed by atoms with E-state index < -0.39 is 0 Å². The largest absolute Gasteiger partial charge is 0.378 e. The lowest BCUT2D eigenvalue weighted by Gasteiger charge is -2.27. The molecule has 2 heterocycles. The van der Waals surface area contributed by atoms with Gasteiger partial charge in [-0.15, -0.1) is 11.3 Å². The number of nitrogens with zero attached hydrogens (tertiary/aromatic N) is 1. The quantitative estimate of drug-likeness (QED) is 0.552. The molecule has 0 unspecified atom stereocenters. The molecular weight excluding hydrogens is 464 g/mol. The van der Waals surface area contributed by atoms with Gasteiger partial charge in [0.25, 0.3) is 11.8 Å². The number of amides is 2. The monoisotopic (exact) mass is 484 g/mol. The first-order chi connectivity index (χ1) is 14.5. The van der Waals surface area contributed by atoms with E-state index in [0.717, 1.165) is 20.5 Å². The number of halogens is 1. The van der Waals surface area contributed by atoms with E-state index in [1.165, 1.54) is 11.3 Å². The van der Waals surface area contributed by atoms with Crippen molar-refractivity contribution in [3.05, 3.63) is 75.8 Å². The molecule has 1 fully saturated rings. The maximum absolute atomic E-state index is 13.4. The number of morpholine rings is 1. The van der Waals surface area contributed by atoms with Gasteiger partial charge in [0, 0.05) is 28.0 Å². The molecule has 154 valence electrons. The van der Waals surface area contributed by atoms with Crippen molar-refractivity contribution in [3.8, 4) is 10.4 Å². The molecule has 1 aliphatic rings. The molecule has 0 spiro atoms. The second-order valence-electron chi connectivity index (χ2n) is 7.00. The zero-order valence-corrected chi connectivity index (χ0v) is 18.9. The van der Waals surface area contributed by atoms with Gasteiger partial charge in [0.2, 0.25) is 0 Å². The maximum Gasteiger partial charge on any atom is 0.257 e. The fourth-order valence-electron chi connectivity index (χ4n) is 3.45. The Labute approximate surface area is 187 Å². The third kappa shape index (κ3) is 4.33. The van der Waals surface area contributed by atoms with Gasteiger partial charge in [-0.1, -0.05) is 52.3 Å². The third-order valence-corrected chi connectivity index (χ3v) is 6.76. The lowest BCUT2D eigenvalue weighted by atomic mass is 10.1. The standard InChI is InChI=1S/C23H21BrN2O3S/c1-15-19(23(28)26-10-12-29-13-11-26)22(30-20(15)16-6-3-2-4-7-16)25-21(27)17-8-5-9-18(24)14-17/h2-9,14H,10-13H2,1H3,(H,25,27). The van der Waals surface area contributed by atoms with E-state index in [0.29, 0.717) is 42.4 Å². The highest BCUT2D eigenvalue weighted by Crippen LogP contribution is 2.40. The van der Waals surface area contributed by atoms with Gasteiger partial charge in [-0.2, -0.15) is 0 Å². The minimum absolute atomic E-state index is 0.0706. The molecule has 5 nitrogen and oxygen atoms in total. The lowest BCUT2D eigenvalue weighted by molar-refractivity contribution is 0.0303. The minimum Gasteiger partial charge on any atom is -0.378 e. The zero-order valence-electron chi connectivity index (χ0n) is 16.5. The first-order valence-electron chi connectivity index (χ1n) is 9.67. The topological polar surface area (TPSA) is 58.6 Å². The molecule has 0 bridgehead atoms. The average Bonchev–Trinajstić information content (AvgIpc) is 3.10. The Morgan fingerprint density at radius 2 is 1.80 bits per heavy atom. The molecule has 0 radical (unpaired) electrons. The van der Waals surface area contributed by atoms with Gasteiger partial charge in [0.15, 0.2) is 0 Å². The summed E-state index contributed by atoms with van der Waals surface area (Å²) in [4.78, 5) is 29.1. The molecule has 1 aliphatic heterocycles. The molecule has 2 aromatic carbocycles. The first-order valence-corrected chi connectivity index (χ1v) is 11.3. The van der Waals surface area contributed by atoms with Crippen LogP contribution in [-0.2, 0) is 4.74 Å². The van der Waals surface area contributed by atoms with E-state index in [4.69, 9.17) is 4.74 Å². The SMILES string of the molecule is Cc1c(-c2ccccc2)sc(NC(=O)c2cccc(Br)c2)c1C(=O)N1CCOCC1. The summed E-state index contributed by atoms with van der Waals surface area (Å²) in [5, 5.41) is 3.56. The number of anilines is 1. The summed E-state index contributed by atoms with van der Waals surface area (Å²) in [6.07, 6.45) is 0. The van der Waals surface area contributed by atoms with Crippen LogP contribution < -0.4 is 5.32 Å². The van der Waals surface area contributed by atoms with Crippen molar-refractivity contribution >= 4 is 44.1 Å². The van der Waals surface area contributed by atoms with Crippen molar-refractivity contribution in [1.29, 1.82) is 0 Å². The van der Waals surface area contributed by atoms with Gasteiger partial charge in [-0.05, 0) is 36.2 Å². The molecule has 3 aromatic rings. The van der Waals surface area contributed by atoms with Gasteiger partial charge in [-0.3, -0.25) is 9.59 Å². The smallest absolute Gasteiger partial charge is 0.257 e. The summed E-state index contributed by atoms with van der Waals surface area (Å²) in [5.41, 5.74) is 3.00. The van der Waals surface area contributed by atoms with Crippen LogP contribution in [0, 0.1) is 6.92 Å². The maximum atomic E-state index is 13.4. The van der Waals surface area contributed by atoms with Crippen LogP contribution in [-0.4, -0.2) is 43.0 Å². The van der Waals surface area contributed by atoms with Crippen LogP contribution in [0.15, 0.2) is 59.1 Å². The normalized spacial score (nSPS) is 13.9. The third-order valence-electron chi connectivity index (χ3n) is 5.01. The number of hydrogen-bond donors (Lipinski definition) is 1. The van der Waals surface area contributed by atoms with E-state index in [1.54, 1.807) is 17.0 Å². The number of carbonyl (C=O) groups is 2. The Hall–Kier alpha value is -2.48. The molecule has 0 aliphatic carbocycles. The van der Waals surface area contributed by atoms with Crippen molar-refractivity contribution in [2.75, 3.05) is 31.6 Å². The van der Waals surface area contributed by atoms with E-state index in [9.17, 15) is 9.59 Å². The molecule has 2 amide bonds. The Kier molecular flexibility index (Phi) is 6.32. The number of ether oxygens (including phenoxy) is 1. The molecule has 30 heavy (non-hydrogen) atoms. The Bertz CT molecular complexity index is 1080. The Morgan fingerprint density at radius 3 is 2.50 bits per heavy atom. The van der Waals surface area contributed by atoms with Crippen molar-refractivity contribution in [3.63, 3.8) is 0 Å². The fourth-order valence-corrected chi connectivity index (χ4v) is 5.05. The summed E-state index contributed by atoms with van der Waals surface area (Å²) < 4.78 is 6.21. The van der Waals surface area contributed by atoms with Gasteiger partial charge < -0.3 is 15.0 Å². The van der Waals surface area contributed by atoms with Crippen LogP contribution in [0.1, 0.15) is 26.3 Å². The molecular formula is C23H21BrN2O3S. The first kappa shape index (κ1) is 20.8. The Morgan fingerprint density at radius 1 is 1.07 bits per heavy atom. The summed E-state index contributed by atoms with van der Waals surface area (Å²) >= 11 is 4.84. The van der Waals surface area contributed by atoms with Gasteiger partial charge in [0.05, 0.1) is 18.8 Å². The van der Waals surface area contributed by atoms with Crippen LogP contribution in [0.5, 0.6) is 0 Å². The predicted molar refractivity (Wildman–Crippen MR) is 123 cm³/mol. The van der Waals surface area contributed by atoms with E-state index >= 15 is 0 Å². The molecule has 1 saturated heterocycles. The number of hydrogen-bond acceptors (Lipinski definition) is 4. The molecule has 7 heteroatoms. The van der Waals surface area contributed by atoms with E-state index in [1.807, 2.05) is 49.4 Å². The fraction of sp³-hybridized carbons (Fsp3) is 0.217. The van der Waals surface area contributed by atoms with E-state index in [2.05, 4.69) is 21.2 Å². The number of rotatable bonds is 4. The highest BCUT2D eigenvalue weighted by atomic mass is 79.9. The molecule has 1 N–H and O–H groups in total. The molecule has 0 atom stereocenters. The Balaban J connectivity index is 1.73. The highest BCUT2D eigenvalue weighted by molar-refractivity contribution is 9.10. The molecule has 0 saturated carbocycles. The summed E-state index contributed by atoms with van der Waals surface area (Å²) in [6, 6.07) is 17.1. The molecule has 1 aromatic heterocycles. The number of benzene rings is 2. The van der Waals surface area contributed by atoms with Crippen molar-refractivity contribution < 1.29 is 14.3 Å². The van der Waals surface area contributed by atoms with Gasteiger partial charge >= 0.3 is 0 Å². The van der Waals surface area contributed by atoms with Crippen molar-refractivity contribution in [2.24, 2.45) is 0 Å². The average molecular weight is 485 g/mol. The van der Waals surface area contributed by atoms with Crippen molar-refractivity contribution in [2.45, 2.75) is 6.92 Å². The van der Waals surface area contributed by atoms with Crippen LogP contribution in [0.2, 0.25) is 0 Å². The van der Waals surface area contributed by atoms with Crippen LogP contribution in [0.25, 0.3) is 10.4 Å². The summed E-state index contributed by atoms with van der Waals surface area (Å²) in [6.45, 7) is 4.10. The van der Waals surface area contributed by atoms with E-state index in [-0.39, 0.29) is 11.8 Å². The highest BCUT2D eigenvalue weighted by Gasteiger charge is 2.28. The van der Waals surface area contributed by atoms with Crippen LogP contribution in [0.4, 0.5) is 5.00 Å². The summed E-state index contributed by atoms with van der Waals surface area (Å²) in [7, 11) is 0. The second kappa shape index (κ2) is 9.12.